The van der Waals surface area contributed by atoms with Crippen LogP contribution in [0.25, 0.3) is 6.08 Å². The van der Waals surface area contributed by atoms with Gasteiger partial charge < -0.3 is 0 Å². The Morgan fingerprint density at radius 3 is 1.56 bits per heavy atom. The molecule has 0 aliphatic heterocycles. The standard InChI is InChI=1S/C13H13O2.3C6H5.Sn/c1-15-12(14)13(9-10-13)8-7-11-5-3-2-4-6-11;3*1-2-4-6-5-3-1;/h2-9H,10H2,1H3;3*1-5H;/b8-7+;;;;/t13-;;;;/m1..../s1. The third-order valence-corrected chi connectivity index (χ3v) is 22.8. The van der Waals surface area contributed by atoms with Crippen LogP contribution in [0, 0.1) is 5.41 Å². The molecule has 0 spiro atoms. The van der Waals surface area contributed by atoms with Crippen molar-refractivity contribution in [2.75, 3.05) is 7.11 Å². The summed E-state index contributed by atoms with van der Waals surface area (Å²) in [5.74, 6) is -0.131. The third-order valence-electron chi connectivity index (χ3n) is 7.15. The quantitative estimate of drug-likeness (QED) is 0.244. The zero-order valence-electron chi connectivity index (χ0n) is 19.3. The molecule has 168 valence electrons. The fourth-order valence-electron chi connectivity index (χ4n) is 5.50. The van der Waals surface area contributed by atoms with Crippen molar-refractivity contribution in [1.82, 2.24) is 0 Å². The Hall–Kier alpha value is -3.11. The molecule has 0 amide bonds. The molecule has 0 heterocycles. The maximum absolute atomic E-state index is 13.4. The van der Waals surface area contributed by atoms with Gasteiger partial charge in [-0.2, -0.15) is 0 Å². The molecule has 4 aromatic carbocycles. The van der Waals surface area contributed by atoms with E-state index in [-0.39, 0.29) is 9.90 Å². The molecule has 1 fully saturated rings. The Morgan fingerprint density at radius 1 is 0.735 bits per heavy atom. The molecule has 1 aliphatic rings. The Bertz CT molecular complexity index is 1170. The SMILES string of the molecule is COC(=O)[C@@]1(/C=C/c2ccccc2)C[C@@H]1[Sn]([c]1ccccc1)([c]1ccccc1)[c]1ccccc1. The average Bonchev–Trinajstić information content (AvgIpc) is 3.66. The first-order valence-electron chi connectivity index (χ1n) is 11.7. The summed E-state index contributed by atoms with van der Waals surface area (Å²) in [4.78, 5) is 13.4. The molecular formula is C31H28O2Sn. The summed E-state index contributed by atoms with van der Waals surface area (Å²) in [5.41, 5.74) is 0.471. The Labute approximate surface area is 205 Å². The summed E-state index contributed by atoms with van der Waals surface area (Å²) in [6.45, 7) is 0. The number of carbonyl (C=O) groups excluding carboxylic acids is 1. The number of benzene rings is 4. The van der Waals surface area contributed by atoms with E-state index in [4.69, 9.17) is 4.74 Å². The summed E-state index contributed by atoms with van der Waals surface area (Å²) in [6.07, 6.45) is 5.02. The van der Waals surface area contributed by atoms with E-state index < -0.39 is 23.8 Å². The van der Waals surface area contributed by atoms with Gasteiger partial charge in [-0.15, -0.1) is 0 Å². The van der Waals surface area contributed by atoms with Crippen LogP contribution in [0.15, 0.2) is 127 Å². The molecule has 0 saturated heterocycles. The molecule has 0 N–H and O–H groups in total. The topological polar surface area (TPSA) is 26.3 Å². The number of rotatable bonds is 7. The van der Waals surface area contributed by atoms with Crippen molar-refractivity contribution in [1.29, 1.82) is 0 Å². The zero-order valence-corrected chi connectivity index (χ0v) is 22.2. The van der Waals surface area contributed by atoms with Gasteiger partial charge in [0.1, 0.15) is 0 Å². The van der Waals surface area contributed by atoms with Gasteiger partial charge >= 0.3 is 207 Å². The first kappa shape index (κ1) is 22.7. The molecular weight excluding hydrogens is 523 g/mol. The molecule has 0 radical (unpaired) electrons. The van der Waals surface area contributed by atoms with Crippen molar-refractivity contribution >= 4 is 41.2 Å². The maximum atomic E-state index is 13.4. The molecule has 5 rings (SSSR count). The molecule has 34 heavy (non-hydrogen) atoms. The van der Waals surface area contributed by atoms with Gasteiger partial charge in [-0.1, -0.05) is 0 Å². The second kappa shape index (κ2) is 9.63. The number of hydrogen-bond donors (Lipinski definition) is 0. The first-order valence-corrected chi connectivity index (χ1v) is 17.6. The van der Waals surface area contributed by atoms with Crippen molar-refractivity contribution in [2.24, 2.45) is 5.41 Å². The van der Waals surface area contributed by atoms with Gasteiger partial charge in [-0.25, -0.2) is 0 Å². The molecule has 0 unspecified atom stereocenters. The molecule has 0 aromatic heterocycles. The van der Waals surface area contributed by atoms with Crippen LogP contribution in [0.5, 0.6) is 0 Å². The number of methoxy groups -OCH3 is 1. The molecule has 1 aliphatic carbocycles. The van der Waals surface area contributed by atoms with E-state index in [0.717, 1.165) is 12.0 Å². The van der Waals surface area contributed by atoms with Crippen LogP contribution in [-0.4, -0.2) is 31.5 Å². The molecule has 1 saturated carbocycles. The number of carbonyl (C=O) groups is 1. The van der Waals surface area contributed by atoms with Crippen LogP contribution in [0.2, 0.25) is 3.93 Å². The van der Waals surface area contributed by atoms with E-state index in [2.05, 4.69) is 115 Å². The minimum atomic E-state index is -3.67. The number of ether oxygens (including phenoxy) is 1. The predicted molar refractivity (Wildman–Crippen MR) is 142 cm³/mol. The van der Waals surface area contributed by atoms with E-state index in [9.17, 15) is 4.79 Å². The van der Waals surface area contributed by atoms with Crippen LogP contribution in [0.1, 0.15) is 12.0 Å². The van der Waals surface area contributed by atoms with Crippen LogP contribution < -0.4 is 10.7 Å². The van der Waals surface area contributed by atoms with Crippen LogP contribution in [-0.2, 0) is 9.53 Å². The average molecular weight is 551 g/mol. The molecule has 0 bridgehead atoms. The Kier molecular flexibility index (Phi) is 6.42. The third kappa shape index (κ3) is 3.90. The van der Waals surface area contributed by atoms with Gasteiger partial charge in [0, 0.05) is 0 Å². The van der Waals surface area contributed by atoms with E-state index in [0.29, 0.717) is 0 Å². The zero-order chi connectivity index (χ0) is 23.4. The van der Waals surface area contributed by atoms with Crippen molar-refractivity contribution in [3.05, 3.63) is 133 Å². The van der Waals surface area contributed by atoms with Crippen LogP contribution in [0.3, 0.4) is 0 Å². The van der Waals surface area contributed by atoms with E-state index >= 15 is 0 Å². The summed E-state index contributed by atoms with van der Waals surface area (Å²) < 4.78 is 9.81. The number of hydrogen-bond acceptors (Lipinski definition) is 2. The van der Waals surface area contributed by atoms with E-state index in [1.807, 2.05) is 18.2 Å². The summed E-state index contributed by atoms with van der Waals surface area (Å²) in [6, 6.07) is 42.9. The summed E-state index contributed by atoms with van der Waals surface area (Å²) in [7, 11) is 1.51. The predicted octanol–water partition coefficient (Wildman–Crippen LogP) is 4.80. The first-order chi connectivity index (χ1) is 16.7. The van der Waals surface area contributed by atoms with E-state index in [1.165, 1.54) is 17.8 Å². The summed E-state index contributed by atoms with van der Waals surface area (Å²) in [5, 5.41) is 0. The van der Waals surface area contributed by atoms with Gasteiger partial charge in [0.2, 0.25) is 0 Å². The van der Waals surface area contributed by atoms with Crippen molar-refractivity contribution < 1.29 is 9.53 Å². The van der Waals surface area contributed by atoms with Gasteiger partial charge in [-0.3, -0.25) is 0 Å². The van der Waals surface area contributed by atoms with Crippen molar-refractivity contribution in [3.63, 3.8) is 0 Å². The Balaban J connectivity index is 1.74. The monoisotopic (exact) mass is 552 g/mol. The number of esters is 1. The van der Waals surface area contributed by atoms with Gasteiger partial charge in [0.15, 0.2) is 0 Å². The van der Waals surface area contributed by atoms with Gasteiger partial charge in [0.05, 0.1) is 0 Å². The molecule has 2 nitrogen and oxygen atoms in total. The normalized spacial score (nSPS) is 19.6. The molecule has 2 atom stereocenters. The second-order valence-corrected chi connectivity index (χ2v) is 20.5. The summed E-state index contributed by atoms with van der Waals surface area (Å²) >= 11 is -3.67. The van der Waals surface area contributed by atoms with Crippen molar-refractivity contribution in [2.45, 2.75) is 10.4 Å². The molecule has 4 aromatic rings. The second-order valence-electron chi connectivity index (χ2n) is 8.94. The van der Waals surface area contributed by atoms with Crippen molar-refractivity contribution in [3.8, 4) is 0 Å². The van der Waals surface area contributed by atoms with Gasteiger partial charge in [-0.05, 0) is 0 Å². The fourth-order valence-corrected chi connectivity index (χ4v) is 22.6. The van der Waals surface area contributed by atoms with Crippen LogP contribution >= 0.6 is 0 Å². The van der Waals surface area contributed by atoms with E-state index in [1.54, 1.807) is 0 Å². The Morgan fingerprint density at radius 2 is 1.15 bits per heavy atom. The fraction of sp³-hybridized carbons (Fsp3) is 0.129. The minimum absolute atomic E-state index is 0.131. The van der Waals surface area contributed by atoms with Crippen LogP contribution in [0.4, 0.5) is 0 Å². The molecule has 3 heteroatoms. The van der Waals surface area contributed by atoms with Gasteiger partial charge in [0.25, 0.3) is 0 Å².